The van der Waals surface area contributed by atoms with Gasteiger partial charge in [0.15, 0.2) is 0 Å². The summed E-state index contributed by atoms with van der Waals surface area (Å²) in [6, 6.07) is 0. The Hall–Kier alpha value is -1.48. The first-order valence-corrected chi connectivity index (χ1v) is 7.80. The van der Waals surface area contributed by atoms with Crippen molar-refractivity contribution >= 4 is 0 Å². The van der Waals surface area contributed by atoms with Crippen molar-refractivity contribution in [2.45, 2.75) is 38.5 Å². The minimum absolute atomic E-state index is 0.617. The van der Waals surface area contributed by atoms with E-state index in [9.17, 15) is 0 Å². The van der Waals surface area contributed by atoms with Crippen molar-refractivity contribution in [1.82, 2.24) is 0 Å². The molecule has 0 aromatic rings. The summed E-state index contributed by atoms with van der Waals surface area (Å²) in [5, 5.41) is 0. The van der Waals surface area contributed by atoms with E-state index in [-0.39, 0.29) is 0 Å². The first-order valence-electron chi connectivity index (χ1n) is 7.80. The van der Waals surface area contributed by atoms with E-state index in [2.05, 4.69) is 25.3 Å². The summed E-state index contributed by atoms with van der Waals surface area (Å²) in [5.74, 6) is 2.32. The molecule has 0 N–H and O–H groups in total. The Labute approximate surface area is 129 Å². The van der Waals surface area contributed by atoms with E-state index in [0.29, 0.717) is 26.4 Å². The molecule has 3 heteroatoms. The highest BCUT2D eigenvalue weighted by Crippen LogP contribution is 2.20. The molecule has 2 rings (SSSR count). The molecule has 3 nitrogen and oxygen atoms in total. The van der Waals surface area contributed by atoms with Crippen LogP contribution in [0, 0.1) is 0 Å². The summed E-state index contributed by atoms with van der Waals surface area (Å²) in [6.45, 7) is 9.58. The molecule has 118 valence electrons. The van der Waals surface area contributed by atoms with Gasteiger partial charge in [0.25, 0.3) is 0 Å². The minimum atomic E-state index is 0.617. The van der Waals surface area contributed by atoms with Gasteiger partial charge in [-0.15, -0.1) is 13.2 Å². The van der Waals surface area contributed by atoms with Crippen molar-refractivity contribution in [3.05, 3.63) is 49.0 Å². The van der Waals surface area contributed by atoms with Crippen LogP contribution in [0.3, 0.4) is 0 Å². The molecular weight excluding hydrogens is 264 g/mol. The highest BCUT2D eigenvalue weighted by Gasteiger charge is 2.07. The Morgan fingerprint density at radius 1 is 0.857 bits per heavy atom. The molecule has 2 aliphatic rings. The molecule has 0 spiro atoms. The SMILES string of the molecule is C1=C(OCCOC2=CCCC2)CCC1.C=CCOCC=C. The zero-order valence-corrected chi connectivity index (χ0v) is 13.0. The van der Waals surface area contributed by atoms with Crippen molar-refractivity contribution in [3.8, 4) is 0 Å². The van der Waals surface area contributed by atoms with E-state index in [0.717, 1.165) is 24.4 Å². The predicted octanol–water partition coefficient (Wildman–Crippen LogP) is 4.53. The number of rotatable bonds is 9. The van der Waals surface area contributed by atoms with Gasteiger partial charge in [-0.3, -0.25) is 0 Å². The Morgan fingerprint density at radius 3 is 1.67 bits per heavy atom. The Balaban J connectivity index is 0.000000270. The van der Waals surface area contributed by atoms with Crippen LogP contribution < -0.4 is 0 Å². The average molecular weight is 292 g/mol. The summed E-state index contributed by atoms with van der Waals surface area (Å²) in [5.41, 5.74) is 0. The van der Waals surface area contributed by atoms with E-state index >= 15 is 0 Å². The van der Waals surface area contributed by atoms with Crippen LogP contribution in [-0.2, 0) is 14.2 Å². The second kappa shape index (κ2) is 12.3. The van der Waals surface area contributed by atoms with E-state index in [1.54, 1.807) is 12.2 Å². The molecule has 0 atom stereocenters. The molecule has 2 aliphatic carbocycles. The monoisotopic (exact) mass is 292 g/mol. The smallest absolute Gasteiger partial charge is 0.122 e. The van der Waals surface area contributed by atoms with Gasteiger partial charge < -0.3 is 14.2 Å². The van der Waals surface area contributed by atoms with Crippen LogP contribution in [0.5, 0.6) is 0 Å². The Bertz CT molecular complexity index is 321. The molecule has 0 fully saturated rings. The fourth-order valence-electron chi connectivity index (χ4n) is 2.13. The van der Waals surface area contributed by atoms with Crippen LogP contribution in [-0.4, -0.2) is 26.4 Å². The third kappa shape index (κ3) is 9.14. The van der Waals surface area contributed by atoms with Gasteiger partial charge in [0.1, 0.15) is 13.2 Å². The van der Waals surface area contributed by atoms with Gasteiger partial charge in [0.2, 0.25) is 0 Å². The van der Waals surface area contributed by atoms with E-state index in [4.69, 9.17) is 14.2 Å². The van der Waals surface area contributed by atoms with Gasteiger partial charge in [-0.1, -0.05) is 12.2 Å². The minimum Gasteiger partial charge on any atom is -0.495 e. The summed E-state index contributed by atoms with van der Waals surface area (Å²) in [6.07, 6.45) is 14.9. The molecule has 0 bridgehead atoms. The topological polar surface area (TPSA) is 27.7 Å². The molecule has 0 saturated heterocycles. The fraction of sp³-hybridized carbons (Fsp3) is 0.556. The molecule has 0 saturated carbocycles. The van der Waals surface area contributed by atoms with E-state index in [1.807, 2.05) is 0 Å². The van der Waals surface area contributed by atoms with Gasteiger partial charge in [-0.05, 0) is 37.8 Å². The second-order valence-electron chi connectivity index (χ2n) is 4.94. The summed E-state index contributed by atoms with van der Waals surface area (Å²) < 4.78 is 16.0. The molecule has 0 aromatic carbocycles. The highest BCUT2D eigenvalue weighted by atomic mass is 16.5. The molecule has 0 amide bonds. The lowest BCUT2D eigenvalue weighted by molar-refractivity contribution is 0.112. The maximum atomic E-state index is 5.57. The average Bonchev–Trinajstić information content (AvgIpc) is 3.18. The van der Waals surface area contributed by atoms with Gasteiger partial charge >= 0.3 is 0 Å². The molecule has 0 aliphatic heterocycles. The van der Waals surface area contributed by atoms with Crippen molar-refractivity contribution in [1.29, 1.82) is 0 Å². The molecule has 0 radical (unpaired) electrons. The van der Waals surface area contributed by atoms with E-state index in [1.165, 1.54) is 25.7 Å². The summed E-state index contributed by atoms with van der Waals surface area (Å²) >= 11 is 0. The normalized spacial score (nSPS) is 16.4. The number of hydrogen-bond acceptors (Lipinski definition) is 3. The number of hydrogen-bond donors (Lipinski definition) is 0. The highest BCUT2D eigenvalue weighted by molar-refractivity contribution is 5.00. The lowest BCUT2D eigenvalue weighted by atomic mass is 10.4. The first-order chi connectivity index (χ1) is 10.4. The number of allylic oxidation sites excluding steroid dienone is 4. The van der Waals surface area contributed by atoms with Gasteiger partial charge in [-0.2, -0.15) is 0 Å². The van der Waals surface area contributed by atoms with Crippen LogP contribution in [0.15, 0.2) is 49.0 Å². The lowest BCUT2D eigenvalue weighted by Gasteiger charge is -2.09. The van der Waals surface area contributed by atoms with Crippen LogP contribution in [0.2, 0.25) is 0 Å². The Morgan fingerprint density at radius 2 is 1.33 bits per heavy atom. The molecule has 0 unspecified atom stereocenters. The molecule has 0 heterocycles. The van der Waals surface area contributed by atoms with Crippen molar-refractivity contribution in [3.63, 3.8) is 0 Å². The Kier molecular flexibility index (Phi) is 10.3. The maximum absolute atomic E-state index is 5.57. The van der Waals surface area contributed by atoms with Crippen molar-refractivity contribution in [2.24, 2.45) is 0 Å². The first kappa shape index (κ1) is 17.6. The maximum Gasteiger partial charge on any atom is 0.122 e. The zero-order valence-electron chi connectivity index (χ0n) is 13.0. The van der Waals surface area contributed by atoms with Gasteiger partial charge in [0, 0.05) is 12.8 Å². The quantitative estimate of drug-likeness (QED) is 0.461. The standard InChI is InChI=1S/C12H18O2.C6H10O/c1-2-6-11(5-1)13-9-10-14-12-7-3-4-8-12;1-3-5-7-6-4-2/h5,7H,1-4,6,8-10H2;3-4H,1-2,5-6H2. The van der Waals surface area contributed by atoms with Crippen LogP contribution in [0.25, 0.3) is 0 Å². The van der Waals surface area contributed by atoms with Crippen LogP contribution >= 0.6 is 0 Å². The number of ether oxygens (including phenoxy) is 3. The molecule has 0 aromatic heterocycles. The molecular formula is C18H28O3. The lowest BCUT2D eigenvalue weighted by Crippen LogP contribution is -2.02. The van der Waals surface area contributed by atoms with Gasteiger partial charge in [-0.25, -0.2) is 0 Å². The van der Waals surface area contributed by atoms with Crippen molar-refractivity contribution < 1.29 is 14.2 Å². The van der Waals surface area contributed by atoms with Crippen LogP contribution in [0.4, 0.5) is 0 Å². The largest absolute Gasteiger partial charge is 0.495 e. The van der Waals surface area contributed by atoms with Crippen molar-refractivity contribution in [2.75, 3.05) is 26.4 Å². The third-order valence-corrected chi connectivity index (χ3v) is 3.13. The fourth-order valence-corrected chi connectivity index (χ4v) is 2.13. The van der Waals surface area contributed by atoms with E-state index < -0.39 is 0 Å². The predicted molar refractivity (Wildman–Crippen MR) is 87.0 cm³/mol. The summed E-state index contributed by atoms with van der Waals surface area (Å²) in [7, 11) is 0. The molecule has 21 heavy (non-hydrogen) atoms. The summed E-state index contributed by atoms with van der Waals surface area (Å²) in [4.78, 5) is 0. The third-order valence-electron chi connectivity index (χ3n) is 3.13. The van der Waals surface area contributed by atoms with Gasteiger partial charge in [0.05, 0.1) is 24.7 Å². The second-order valence-corrected chi connectivity index (χ2v) is 4.94. The van der Waals surface area contributed by atoms with Crippen LogP contribution in [0.1, 0.15) is 38.5 Å². The zero-order chi connectivity index (χ0) is 15.2.